The van der Waals surface area contributed by atoms with Gasteiger partial charge in [-0.1, -0.05) is 0 Å². The van der Waals surface area contributed by atoms with Crippen LogP contribution in [0.1, 0.15) is 0 Å². The Kier molecular flexibility index (Phi) is 3.22. The molecule has 2 nitrogen and oxygen atoms in total. The lowest BCUT2D eigenvalue weighted by atomic mass is 10.2. The van der Waals surface area contributed by atoms with Crippen LogP contribution in [-0.2, 0) is 4.74 Å². The molecule has 0 unspecified atom stereocenters. The lowest BCUT2D eigenvalue weighted by Crippen LogP contribution is -2.00. The average Bonchev–Trinajstić information content (AvgIpc) is 1.65. The molecule has 0 spiro atoms. The highest BCUT2D eigenvalue weighted by Gasteiger charge is 1.93. The van der Waals surface area contributed by atoms with E-state index in [1.165, 1.54) is 7.11 Å². The van der Waals surface area contributed by atoms with Crippen LogP contribution in [0.4, 0.5) is 4.79 Å². The second-order valence-electron chi connectivity index (χ2n) is 0.710. The monoisotopic (exact) mass is 150 g/mol. The first-order valence-corrected chi connectivity index (χ1v) is 2.56. The lowest BCUT2D eigenvalue weighted by molar-refractivity contribution is 0.198. The predicted molar refractivity (Wildman–Crippen MR) is 28.5 cm³/mol. The molecule has 0 aromatic carbocycles. The summed E-state index contributed by atoms with van der Waals surface area (Å²) in [5.74, 6) is -0.241. The summed E-state index contributed by atoms with van der Waals surface area (Å²) in [6.07, 6.45) is 0.281. The Morgan fingerprint density at radius 1 is 2.00 bits per heavy atom. The largest absolute Gasteiger partial charge is 0.476 e. The van der Waals surface area contributed by atoms with Crippen molar-refractivity contribution in [3.8, 4) is 0 Å². The van der Waals surface area contributed by atoms with Gasteiger partial charge in [-0.15, -0.1) is 15.8 Å². The van der Waals surface area contributed by atoms with Gasteiger partial charge in [-0.2, -0.15) is 0 Å². The fraction of sp³-hybridized carbons (Fsp3) is 0.500. The number of hydrogen-bond acceptors (Lipinski definition) is 2. The molecule has 0 aliphatic carbocycles. The SMILES string of the molecule is COC(=O)BBr. The molecule has 0 saturated carbocycles. The number of hydrogen-bond donors (Lipinski definition) is 0. The summed E-state index contributed by atoms with van der Waals surface area (Å²) in [6.45, 7) is 0. The molecule has 0 fully saturated rings. The first-order chi connectivity index (χ1) is 2.81. The van der Waals surface area contributed by atoms with Crippen LogP contribution in [-0.4, -0.2) is 19.1 Å². The maximum absolute atomic E-state index is 9.91. The highest BCUT2D eigenvalue weighted by molar-refractivity contribution is 9.24. The summed E-state index contributed by atoms with van der Waals surface area (Å²) in [4.78, 5) is 9.91. The fourth-order valence-electron chi connectivity index (χ4n) is 0.0546. The topological polar surface area (TPSA) is 26.3 Å². The summed E-state index contributed by atoms with van der Waals surface area (Å²) in [7, 11) is 1.35. The van der Waals surface area contributed by atoms with Gasteiger partial charge in [0.05, 0.1) is 7.11 Å². The molecule has 4 heteroatoms. The van der Waals surface area contributed by atoms with Gasteiger partial charge in [0.2, 0.25) is 0 Å². The number of ether oxygens (including phenoxy) is 1. The quantitative estimate of drug-likeness (QED) is 0.509. The molecule has 0 saturated heterocycles. The van der Waals surface area contributed by atoms with E-state index < -0.39 is 0 Å². The van der Waals surface area contributed by atoms with E-state index in [0.717, 1.165) is 0 Å². The summed E-state index contributed by atoms with van der Waals surface area (Å²) in [5.41, 5.74) is 0. The summed E-state index contributed by atoms with van der Waals surface area (Å²) < 4.78 is 4.21. The Morgan fingerprint density at radius 2 is 2.50 bits per heavy atom. The number of carbonyl (C=O) groups is 1. The summed E-state index contributed by atoms with van der Waals surface area (Å²) >= 11 is 2.90. The molecule has 0 bridgehead atoms. The number of carbonyl (C=O) groups excluding carboxylic acids is 1. The number of rotatable bonds is 1. The first kappa shape index (κ1) is 6.01. The normalized spacial score (nSPS) is 7.00. The third-order valence-electron chi connectivity index (χ3n) is 0.337. The Labute approximate surface area is 45.1 Å². The van der Waals surface area contributed by atoms with Gasteiger partial charge < -0.3 is 4.74 Å². The van der Waals surface area contributed by atoms with E-state index in [1.807, 2.05) is 0 Å². The minimum Gasteiger partial charge on any atom is -0.476 e. The molecular formula is C2H4BBrO2. The molecule has 0 aliphatic rings. The van der Waals surface area contributed by atoms with Gasteiger partial charge >= 0.3 is 6.10 Å². The molecule has 0 aromatic rings. The van der Waals surface area contributed by atoms with E-state index in [1.54, 1.807) is 0 Å². The Bertz CT molecular complexity index is 49.5. The summed E-state index contributed by atoms with van der Waals surface area (Å²) in [6, 6.07) is 0. The van der Waals surface area contributed by atoms with Crippen LogP contribution in [0.2, 0.25) is 0 Å². The average molecular weight is 151 g/mol. The molecule has 0 aromatic heterocycles. The van der Waals surface area contributed by atoms with Crippen molar-refractivity contribution in [1.82, 2.24) is 0 Å². The van der Waals surface area contributed by atoms with Crippen LogP contribution in [0.3, 0.4) is 0 Å². The van der Waals surface area contributed by atoms with E-state index in [-0.39, 0.29) is 12.0 Å². The van der Waals surface area contributed by atoms with Crippen LogP contribution in [0.25, 0.3) is 0 Å². The third kappa shape index (κ3) is 2.26. The molecule has 0 aliphatic heterocycles. The van der Waals surface area contributed by atoms with Gasteiger partial charge in [0.1, 0.15) is 0 Å². The van der Waals surface area contributed by atoms with Crippen LogP contribution in [0.15, 0.2) is 0 Å². The van der Waals surface area contributed by atoms with Gasteiger partial charge in [0, 0.05) is 0 Å². The van der Waals surface area contributed by atoms with E-state index >= 15 is 0 Å². The van der Waals surface area contributed by atoms with Gasteiger partial charge in [-0.3, -0.25) is 4.79 Å². The Hall–Kier alpha value is 0.0149. The van der Waals surface area contributed by atoms with Crippen LogP contribution >= 0.6 is 15.8 Å². The molecule has 34 valence electrons. The maximum atomic E-state index is 9.91. The first-order valence-electron chi connectivity index (χ1n) is 1.44. The van der Waals surface area contributed by atoms with Crippen LogP contribution in [0.5, 0.6) is 0 Å². The number of halogens is 1. The zero-order chi connectivity index (χ0) is 4.99. The van der Waals surface area contributed by atoms with Crippen molar-refractivity contribution in [2.45, 2.75) is 0 Å². The highest BCUT2D eigenvalue weighted by atomic mass is 79.9. The van der Waals surface area contributed by atoms with Crippen molar-refractivity contribution in [3.05, 3.63) is 0 Å². The van der Waals surface area contributed by atoms with Gasteiger partial charge in [-0.25, -0.2) is 0 Å². The smallest absolute Gasteiger partial charge is 0.337 e. The Morgan fingerprint density at radius 3 is 2.50 bits per heavy atom. The third-order valence-corrected chi connectivity index (χ3v) is 0.795. The van der Waals surface area contributed by atoms with Crippen LogP contribution in [0, 0.1) is 0 Å². The molecule has 0 atom stereocenters. The van der Waals surface area contributed by atoms with E-state index in [2.05, 4.69) is 20.5 Å². The molecule has 0 N–H and O–H groups in total. The zero-order valence-electron chi connectivity index (χ0n) is 3.40. The minimum atomic E-state index is -0.241. The molecule has 0 rings (SSSR count). The van der Waals surface area contributed by atoms with Gasteiger partial charge in [-0.05, 0) is 0 Å². The van der Waals surface area contributed by atoms with Crippen LogP contribution < -0.4 is 0 Å². The van der Waals surface area contributed by atoms with Crippen molar-refractivity contribution in [1.29, 1.82) is 0 Å². The molecule has 0 heterocycles. The predicted octanol–water partition coefficient (Wildman–Crippen LogP) is 0.499. The Balaban J connectivity index is 2.99. The molecule has 6 heavy (non-hydrogen) atoms. The lowest BCUT2D eigenvalue weighted by Gasteiger charge is -1.85. The second kappa shape index (κ2) is 3.21. The second-order valence-corrected chi connectivity index (χ2v) is 1.27. The summed E-state index contributed by atoms with van der Waals surface area (Å²) in [5, 5.41) is 0. The fourth-order valence-corrected chi connectivity index (χ4v) is 0.283. The van der Waals surface area contributed by atoms with Crippen molar-refractivity contribution in [3.63, 3.8) is 0 Å². The van der Waals surface area contributed by atoms with E-state index in [9.17, 15) is 4.79 Å². The highest BCUT2D eigenvalue weighted by Crippen LogP contribution is 1.78. The molecule has 0 radical (unpaired) electrons. The maximum Gasteiger partial charge on any atom is 0.337 e. The van der Waals surface area contributed by atoms with Crippen molar-refractivity contribution < 1.29 is 9.53 Å². The van der Waals surface area contributed by atoms with Crippen molar-refractivity contribution >= 4 is 27.7 Å². The van der Waals surface area contributed by atoms with Crippen molar-refractivity contribution in [2.24, 2.45) is 0 Å². The van der Waals surface area contributed by atoms with Gasteiger partial charge in [0.25, 0.3) is 5.87 Å². The minimum absolute atomic E-state index is 0.241. The van der Waals surface area contributed by atoms with E-state index in [4.69, 9.17) is 0 Å². The van der Waals surface area contributed by atoms with E-state index in [0.29, 0.717) is 0 Å². The van der Waals surface area contributed by atoms with Gasteiger partial charge in [0.15, 0.2) is 0 Å². The zero-order valence-corrected chi connectivity index (χ0v) is 4.99. The molecular weight excluding hydrogens is 147 g/mol. The van der Waals surface area contributed by atoms with Crippen molar-refractivity contribution in [2.75, 3.05) is 7.11 Å². The number of methoxy groups -OCH3 is 1. The standard InChI is InChI=1S/C2H4BBrO2/c1-6-2(5)3-4/h3H,1H3. The molecule has 0 amide bonds.